The molecule has 0 N–H and O–H groups in total. The molecule has 0 saturated heterocycles. The Labute approximate surface area is 567 Å². The predicted octanol–water partition coefficient (Wildman–Crippen LogP) is 27.0. The van der Waals surface area contributed by atoms with E-state index in [1.807, 2.05) is 24.3 Å². The maximum atomic E-state index is 6.54. The van der Waals surface area contributed by atoms with Gasteiger partial charge in [0.25, 0.3) is 0 Å². The van der Waals surface area contributed by atoms with E-state index in [2.05, 4.69) is 350 Å². The van der Waals surface area contributed by atoms with Crippen LogP contribution in [0.15, 0.2) is 373 Å². The molecule has 0 fully saturated rings. The maximum absolute atomic E-state index is 6.54. The topological polar surface area (TPSA) is 32.8 Å². The summed E-state index contributed by atoms with van der Waals surface area (Å²) in [6, 6.07) is 132. The molecule has 19 aromatic rings. The minimum absolute atomic E-state index is 0.892. The lowest BCUT2D eigenvalue weighted by atomic mass is 9.89. The molecule has 4 heteroatoms. The second-order valence-electron chi connectivity index (χ2n) is 25.4. The molecular formula is C94H60N2O2. The number of rotatable bonds is 12. The number of hydrogen-bond acceptors (Lipinski definition) is 4. The van der Waals surface area contributed by atoms with E-state index < -0.39 is 0 Å². The summed E-state index contributed by atoms with van der Waals surface area (Å²) in [7, 11) is 0. The Kier molecular flexibility index (Phi) is 13.5. The molecule has 0 amide bonds. The summed E-state index contributed by atoms with van der Waals surface area (Å²) in [6.07, 6.45) is 0. The summed E-state index contributed by atoms with van der Waals surface area (Å²) in [4.78, 5) is 4.80. The molecule has 2 aromatic heterocycles. The van der Waals surface area contributed by atoms with Crippen LogP contribution in [0, 0.1) is 0 Å². The smallest absolute Gasteiger partial charge is 0.143 e. The van der Waals surface area contributed by atoms with E-state index >= 15 is 0 Å². The van der Waals surface area contributed by atoms with Gasteiger partial charge >= 0.3 is 0 Å². The molecule has 0 bridgehead atoms. The standard InChI is InChI=1S/C94H60N2O2/c1-2-20-62(21-3-1)77-29-8-11-41-90(77)96(69-51-46-64(47-52-69)79-36-18-40-89-87-33-10-13-43-92(87)98-94(79)89)71-27-15-25-66(59-71)76-56-57-85(82-31-7-6-30-80(76)82)83-38-19-37-81-75-55-53-72(60-67(75)48-54-84(81)83)95(70-26-14-24-65(58-70)74-34-16-23-61-22-4-5-28-73(61)74)68-49-44-63(45-50-68)78-35-17-39-88-86-32-9-12-42-91(86)97-93(78)88/h1-60H. The normalized spacial score (nSPS) is 11.7. The van der Waals surface area contributed by atoms with Gasteiger partial charge in [-0.05, 0) is 172 Å². The SMILES string of the molecule is c1ccc(-c2ccccc2N(c2ccc(-c3cccc4c3oc3ccccc34)cc2)c2cccc(-c3ccc(-c4cccc5c4ccc4cc(N(c6ccc(-c7cccc8c7oc7ccccc78)cc6)c6cccc(-c7cccc8ccccc78)c6)ccc45)c4ccccc34)c2)cc1. The fraction of sp³-hybridized carbons (Fsp3) is 0. The molecule has 2 heterocycles. The van der Waals surface area contributed by atoms with Gasteiger partial charge in [-0.2, -0.15) is 0 Å². The van der Waals surface area contributed by atoms with Crippen molar-refractivity contribution >= 4 is 121 Å². The van der Waals surface area contributed by atoms with Crippen LogP contribution in [0.2, 0.25) is 0 Å². The lowest BCUT2D eigenvalue weighted by molar-refractivity contribution is 0.669. The molecule has 0 saturated carbocycles. The first kappa shape index (κ1) is 56.5. The van der Waals surface area contributed by atoms with Crippen LogP contribution in [0.4, 0.5) is 34.1 Å². The molecule has 0 spiro atoms. The lowest BCUT2D eigenvalue weighted by Crippen LogP contribution is -2.11. The van der Waals surface area contributed by atoms with Crippen molar-refractivity contribution in [3.63, 3.8) is 0 Å². The van der Waals surface area contributed by atoms with Crippen LogP contribution < -0.4 is 9.80 Å². The molecule has 17 aromatic carbocycles. The third-order valence-corrected chi connectivity index (χ3v) is 19.9. The highest BCUT2D eigenvalue weighted by Crippen LogP contribution is 2.48. The van der Waals surface area contributed by atoms with Crippen molar-refractivity contribution in [2.75, 3.05) is 9.80 Å². The van der Waals surface area contributed by atoms with Gasteiger partial charge in [0.05, 0.1) is 5.69 Å². The van der Waals surface area contributed by atoms with Crippen molar-refractivity contribution in [3.8, 4) is 66.8 Å². The summed E-state index contributed by atoms with van der Waals surface area (Å²) < 4.78 is 13.1. The van der Waals surface area contributed by atoms with Crippen LogP contribution in [0.25, 0.3) is 154 Å². The van der Waals surface area contributed by atoms with Crippen LogP contribution >= 0.6 is 0 Å². The Hall–Kier alpha value is -13.0. The molecule has 0 radical (unpaired) electrons. The zero-order valence-electron chi connectivity index (χ0n) is 53.4. The quantitative estimate of drug-likeness (QED) is 0.114. The largest absolute Gasteiger partial charge is 0.455 e. The predicted molar refractivity (Wildman–Crippen MR) is 413 cm³/mol. The van der Waals surface area contributed by atoms with Gasteiger partial charge in [0.1, 0.15) is 22.3 Å². The second kappa shape index (κ2) is 23.5. The highest BCUT2D eigenvalue weighted by Gasteiger charge is 2.23. The van der Waals surface area contributed by atoms with E-state index in [1.54, 1.807) is 0 Å². The molecule has 4 nitrogen and oxygen atoms in total. The van der Waals surface area contributed by atoms with Crippen LogP contribution in [-0.4, -0.2) is 0 Å². The second-order valence-corrected chi connectivity index (χ2v) is 25.4. The van der Waals surface area contributed by atoms with E-state index in [-0.39, 0.29) is 0 Å². The zero-order chi connectivity index (χ0) is 64.6. The number of hydrogen-bond donors (Lipinski definition) is 0. The van der Waals surface area contributed by atoms with E-state index in [0.29, 0.717) is 0 Å². The van der Waals surface area contributed by atoms with Crippen LogP contribution in [0.5, 0.6) is 0 Å². The Morgan fingerprint density at radius 1 is 0.173 bits per heavy atom. The fourth-order valence-electron chi connectivity index (χ4n) is 15.3. The van der Waals surface area contributed by atoms with Crippen molar-refractivity contribution in [2.45, 2.75) is 0 Å². The molecule has 19 rings (SSSR count). The molecule has 0 aliphatic carbocycles. The fourth-order valence-corrected chi connectivity index (χ4v) is 15.3. The summed E-state index contributed by atoms with van der Waals surface area (Å²) in [5.74, 6) is 0. The van der Waals surface area contributed by atoms with Gasteiger partial charge in [-0.1, -0.05) is 285 Å². The van der Waals surface area contributed by atoms with Gasteiger partial charge in [0.2, 0.25) is 0 Å². The first-order valence-corrected chi connectivity index (χ1v) is 33.5. The van der Waals surface area contributed by atoms with E-state index in [0.717, 1.165) is 128 Å². The van der Waals surface area contributed by atoms with Crippen molar-refractivity contribution < 1.29 is 8.83 Å². The molecule has 98 heavy (non-hydrogen) atoms. The van der Waals surface area contributed by atoms with Gasteiger partial charge in [-0.15, -0.1) is 0 Å². The Balaban J connectivity index is 0.694. The summed E-state index contributed by atoms with van der Waals surface area (Å²) in [5.41, 5.74) is 23.6. The average Bonchev–Trinajstić information content (AvgIpc) is 1.07. The van der Waals surface area contributed by atoms with Crippen molar-refractivity contribution in [1.82, 2.24) is 0 Å². The Bertz CT molecular complexity index is 6310. The number of nitrogens with zero attached hydrogens (tertiary/aromatic N) is 2. The first-order valence-electron chi connectivity index (χ1n) is 33.5. The Morgan fingerprint density at radius 3 is 1.24 bits per heavy atom. The molecule has 458 valence electrons. The van der Waals surface area contributed by atoms with Gasteiger partial charge in [-0.3, -0.25) is 0 Å². The van der Waals surface area contributed by atoms with Crippen LogP contribution in [-0.2, 0) is 0 Å². The highest BCUT2D eigenvalue weighted by molar-refractivity contribution is 6.17. The Morgan fingerprint density at radius 2 is 0.571 bits per heavy atom. The summed E-state index contributed by atoms with van der Waals surface area (Å²) >= 11 is 0. The zero-order valence-corrected chi connectivity index (χ0v) is 53.4. The third-order valence-electron chi connectivity index (χ3n) is 19.9. The monoisotopic (exact) mass is 1250 g/mol. The van der Waals surface area contributed by atoms with Crippen LogP contribution in [0.3, 0.4) is 0 Å². The number of anilines is 6. The highest BCUT2D eigenvalue weighted by atomic mass is 16.3. The molecule has 0 unspecified atom stereocenters. The first-order chi connectivity index (χ1) is 48.6. The number of para-hydroxylation sites is 5. The number of benzene rings is 17. The molecule has 0 aliphatic heterocycles. The van der Waals surface area contributed by atoms with Crippen LogP contribution in [0.1, 0.15) is 0 Å². The third kappa shape index (κ3) is 9.60. The molecular weight excluding hydrogens is 1190 g/mol. The van der Waals surface area contributed by atoms with Crippen molar-refractivity contribution in [1.29, 1.82) is 0 Å². The van der Waals surface area contributed by atoms with Gasteiger partial charge in [-0.25, -0.2) is 0 Å². The van der Waals surface area contributed by atoms with Crippen molar-refractivity contribution in [2.24, 2.45) is 0 Å². The van der Waals surface area contributed by atoms with E-state index in [1.165, 1.54) is 60.0 Å². The maximum Gasteiger partial charge on any atom is 0.143 e. The number of furan rings is 2. The molecule has 0 atom stereocenters. The van der Waals surface area contributed by atoms with E-state index in [9.17, 15) is 0 Å². The lowest BCUT2D eigenvalue weighted by Gasteiger charge is -2.28. The average molecular weight is 1250 g/mol. The van der Waals surface area contributed by atoms with Gasteiger partial charge < -0.3 is 18.6 Å². The molecule has 0 aliphatic rings. The minimum Gasteiger partial charge on any atom is -0.455 e. The van der Waals surface area contributed by atoms with Crippen molar-refractivity contribution in [3.05, 3.63) is 364 Å². The van der Waals surface area contributed by atoms with Gasteiger partial charge in [0, 0.05) is 66.7 Å². The summed E-state index contributed by atoms with van der Waals surface area (Å²) in [6.45, 7) is 0. The summed E-state index contributed by atoms with van der Waals surface area (Å²) in [5, 5.41) is 14.1. The van der Waals surface area contributed by atoms with E-state index in [4.69, 9.17) is 8.83 Å². The number of fused-ring (bicyclic) bond motifs is 11. The van der Waals surface area contributed by atoms with Gasteiger partial charge in [0.15, 0.2) is 0 Å². The minimum atomic E-state index is 0.892.